The molecule has 2 heterocycles. The minimum absolute atomic E-state index is 0.0428. The van der Waals surface area contributed by atoms with Crippen molar-refractivity contribution in [3.8, 4) is 0 Å². The number of hydrogen-bond donors (Lipinski definition) is 1. The van der Waals surface area contributed by atoms with Gasteiger partial charge >= 0.3 is 5.69 Å². The van der Waals surface area contributed by atoms with Gasteiger partial charge in [0.15, 0.2) is 0 Å². The molecule has 142 valence electrons. The van der Waals surface area contributed by atoms with Crippen molar-refractivity contribution < 1.29 is 4.74 Å². The molecule has 0 unspecified atom stereocenters. The second-order valence-corrected chi connectivity index (χ2v) is 7.97. The molecule has 1 saturated carbocycles. The zero-order chi connectivity index (χ0) is 18.1. The van der Waals surface area contributed by atoms with Crippen LogP contribution in [-0.2, 0) is 4.74 Å². The van der Waals surface area contributed by atoms with Crippen LogP contribution in [0.25, 0.3) is 11.0 Å². The molecule has 2 aliphatic rings. The molecule has 5 nitrogen and oxygen atoms in total. The molecular weight excluding hydrogens is 326 g/mol. The molecule has 2 aromatic rings. The molecule has 0 atom stereocenters. The summed E-state index contributed by atoms with van der Waals surface area (Å²) in [5, 5.41) is 0. The summed E-state index contributed by atoms with van der Waals surface area (Å²) in [6, 6.07) is 7.23. The number of nitrogens with zero attached hydrogens (tertiary/aromatic N) is 2. The smallest absolute Gasteiger partial charge is 0.326 e. The lowest BCUT2D eigenvalue weighted by Crippen LogP contribution is -2.45. The predicted octanol–water partition coefficient (Wildman–Crippen LogP) is 3.62. The SMILES string of the molecule is CCO[C@H]1CC[C@H](N2CCC(n3c(=O)[nH]c4ccc(C)cc43)CC2)CC1. The summed E-state index contributed by atoms with van der Waals surface area (Å²) < 4.78 is 7.79. The first-order valence-corrected chi connectivity index (χ1v) is 10.2. The van der Waals surface area contributed by atoms with Crippen molar-refractivity contribution in [1.82, 2.24) is 14.5 Å². The van der Waals surface area contributed by atoms with Crippen LogP contribution in [0.15, 0.2) is 23.0 Å². The fraction of sp³-hybridized carbons (Fsp3) is 0.667. The number of nitrogens with one attached hydrogen (secondary N) is 1. The number of rotatable bonds is 4. The molecule has 1 saturated heterocycles. The Hall–Kier alpha value is -1.59. The number of aromatic nitrogens is 2. The normalized spacial score (nSPS) is 25.8. The van der Waals surface area contributed by atoms with E-state index in [1.165, 1.54) is 31.2 Å². The molecule has 1 N–H and O–H groups in total. The third-order valence-corrected chi connectivity index (χ3v) is 6.30. The molecular formula is C21H31N3O2. The average molecular weight is 357 g/mol. The van der Waals surface area contributed by atoms with Crippen LogP contribution >= 0.6 is 0 Å². The summed E-state index contributed by atoms with van der Waals surface area (Å²) in [5.41, 5.74) is 3.26. The molecule has 1 aromatic carbocycles. The highest BCUT2D eigenvalue weighted by Crippen LogP contribution is 2.31. The van der Waals surface area contributed by atoms with Gasteiger partial charge in [0.25, 0.3) is 0 Å². The maximum absolute atomic E-state index is 12.5. The van der Waals surface area contributed by atoms with E-state index in [4.69, 9.17) is 4.74 Å². The van der Waals surface area contributed by atoms with E-state index in [1.54, 1.807) is 0 Å². The van der Waals surface area contributed by atoms with Gasteiger partial charge in [-0.15, -0.1) is 0 Å². The lowest BCUT2D eigenvalue weighted by molar-refractivity contribution is 0.00796. The first-order valence-electron chi connectivity index (χ1n) is 10.2. The number of piperidine rings is 1. The van der Waals surface area contributed by atoms with Crippen LogP contribution in [0.5, 0.6) is 0 Å². The number of imidazole rings is 1. The van der Waals surface area contributed by atoms with E-state index in [2.05, 4.69) is 35.9 Å². The largest absolute Gasteiger partial charge is 0.379 e. The van der Waals surface area contributed by atoms with Crippen LogP contribution in [0.4, 0.5) is 0 Å². The minimum Gasteiger partial charge on any atom is -0.379 e. The molecule has 26 heavy (non-hydrogen) atoms. The first-order chi connectivity index (χ1) is 12.7. The maximum atomic E-state index is 12.5. The Morgan fingerprint density at radius 2 is 1.81 bits per heavy atom. The standard InChI is InChI=1S/C21H31N3O2/c1-3-26-18-7-5-16(6-8-18)23-12-10-17(11-13-23)24-20-14-15(2)4-9-19(20)22-21(24)25/h4,9,14,16-18H,3,5-8,10-13H2,1-2H3,(H,22,25)/t16-,18-. The number of fused-ring (bicyclic) bond motifs is 1. The molecule has 0 spiro atoms. The molecule has 0 bridgehead atoms. The van der Waals surface area contributed by atoms with E-state index in [0.717, 1.165) is 43.6 Å². The molecule has 2 fully saturated rings. The molecule has 1 aliphatic heterocycles. The van der Waals surface area contributed by atoms with Crippen molar-refractivity contribution in [2.75, 3.05) is 19.7 Å². The van der Waals surface area contributed by atoms with Crippen molar-refractivity contribution in [1.29, 1.82) is 0 Å². The molecule has 0 radical (unpaired) electrons. The number of hydrogen-bond acceptors (Lipinski definition) is 3. The molecule has 5 heteroatoms. The summed E-state index contributed by atoms with van der Waals surface area (Å²) in [7, 11) is 0. The van der Waals surface area contributed by atoms with Crippen LogP contribution < -0.4 is 5.69 Å². The highest BCUT2D eigenvalue weighted by Gasteiger charge is 2.30. The summed E-state index contributed by atoms with van der Waals surface area (Å²) in [6.07, 6.45) is 7.49. The van der Waals surface area contributed by atoms with Crippen LogP contribution in [0.3, 0.4) is 0 Å². The van der Waals surface area contributed by atoms with Gasteiger partial charge < -0.3 is 14.6 Å². The average Bonchev–Trinajstić information content (AvgIpc) is 2.98. The van der Waals surface area contributed by atoms with E-state index in [1.807, 2.05) is 10.6 Å². The monoisotopic (exact) mass is 357 g/mol. The second kappa shape index (κ2) is 7.57. The summed E-state index contributed by atoms with van der Waals surface area (Å²) in [5.74, 6) is 0. The summed E-state index contributed by atoms with van der Waals surface area (Å²) >= 11 is 0. The Bertz CT molecular complexity index is 793. The van der Waals surface area contributed by atoms with Crippen molar-refractivity contribution in [2.45, 2.75) is 70.6 Å². The number of aryl methyl sites for hydroxylation is 1. The highest BCUT2D eigenvalue weighted by molar-refractivity contribution is 5.76. The van der Waals surface area contributed by atoms with E-state index in [-0.39, 0.29) is 5.69 Å². The quantitative estimate of drug-likeness (QED) is 0.909. The van der Waals surface area contributed by atoms with E-state index in [9.17, 15) is 4.79 Å². The van der Waals surface area contributed by atoms with Crippen LogP contribution in [-0.4, -0.2) is 46.3 Å². The maximum Gasteiger partial charge on any atom is 0.326 e. The van der Waals surface area contributed by atoms with Crippen LogP contribution in [0, 0.1) is 6.92 Å². The van der Waals surface area contributed by atoms with Gasteiger partial charge in [-0.25, -0.2) is 4.79 Å². The van der Waals surface area contributed by atoms with Crippen LogP contribution in [0.2, 0.25) is 0 Å². The van der Waals surface area contributed by atoms with Crippen LogP contribution in [0.1, 0.15) is 57.1 Å². The lowest BCUT2D eigenvalue weighted by Gasteiger charge is -2.40. The van der Waals surface area contributed by atoms with Gasteiger partial charge in [-0.05, 0) is 70.1 Å². The van der Waals surface area contributed by atoms with Gasteiger partial charge in [0.2, 0.25) is 0 Å². The number of ether oxygens (including phenoxy) is 1. The Balaban J connectivity index is 1.41. The topological polar surface area (TPSA) is 50.3 Å². The number of aromatic amines is 1. The van der Waals surface area contributed by atoms with Crippen molar-refractivity contribution >= 4 is 11.0 Å². The van der Waals surface area contributed by atoms with E-state index in [0.29, 0.717) is 18.2 Å². The Kier molecular flexibility index (Phi) is 5.18. The predicted molar refractivity (Wildman–Crippen MR) is 105 cm³/mol. The summed E-state index contributed by atoms with van der Waals surface area (Å²) in [6.45, 7) is 7.20. The third kappa shape index (κ3) is 3.47. The Labute approximate surface area is 155 Å². The molecule has 1 aliphatic carbocycles. The zero-order valence-electron chi connectivity index (χ0n) is 16.0. The van der Waals surface area contributed by atoms with Gasteiger partial charge in [-0.3, -0.25) is 4.57 Å². The van der Waals surface area contributed by atoms with Gasteiger partial charge in [0.1, 0.15) is 0 Å². The van der Waals surface area contributed by atoms with Gasteiger partial charge in [-0.1, -0.05) is 6.07 Å². The third-order valence-electron chi connectivity index (χ3n) is 6.30. The first kappa shape index (κ1) is 17.8. The van der Waals surface area contributed by atoms with Gasteiger partial charge in [0.05, 0.1) is 17.1 Å². The lowest BCUT2D eigenvalue weighted by atomic mass is 9.90. The molecule has 4 rings (SSSR count). The number of benzene rings is 1. The zero-order valence-corrected chi connectivity index (χ0v) is 16.0. The van der Waals surface area contributed by atoms with Gasteiger partial charge in [0, 0.05) is 31.8 Å². The van der Waals surface area contributed by atoms with Crippen molar-refractivity contribution in [3.05, 3.63) is 34.2 Å². The van der Waals surface area contributed by atoms with E-state index >= 15 is 0 Å². The molecule has 0 amide bonds. The second-order valence-electron chi connectivity index (χ2n) is 7.97. The number of likely N-dealkylation sites (tertiary alicyclic amines) is 1. The number of H-pyrrole nitrogens is 1. The Morgan fingerprint density at radius 3 is 2.50 bits per heavy atom. The fourth-order valence-electron chi connectivity index (χ4n) is 4.92. The molecule has 1 aromatic heterocycles. The summed E-state index contributed by atoms with van der Waals surface area (Å²) in [4.78, 5) is 18.2. The van der Waals surface area contributed by atoms with Gasteiger partial charge in [-0.2, -0.15) is 0 Å². The van der Waals surface area contributed by atoms with Crippen molar-refractivity contribution in [3.63, 3.8) is 0 Å². The minimum atomic E-state index is 0.0428. The highest BCUT2D eigenvalue weighted by atomic mass is 16.5. The van der Waals surface area contributed by atoms with Crippen molar-refractivity contribution in [2.24, 2.45) is 0 Å². The van der Waals surface area contributed by atoms with E-state index < -0.39 is 0 Å². The fourth-order valence-corrected chi connectivity index (χ4v) is 4.92. The Morgan fingerprint density at radius 1 is 1.08 bits per heavy atom.